The Labute approximate surface area is 202 Å². The fourth-order valence-corrected chi connectivity index (χ4v) is 3.73. The number of esters is 1. The summed E-state index contributed by atoms with van der Waals surface area (Å²) in [6, 6.07) is 20.9. The number of benzene rings is 3. The van der Waals surface area contributed by atoms with Gasteiger partial charge in [0.15, 0.2) is 6.61 Å². The number of ether oxygens (including phenoxy) is 2. The van der Waals surface area contributed by atoms with Crippen LogP contribution in [0.25, 0.3) is 11.0 Å². The van der Waals surface area contributed by atoms with E-state index in [2.05, 4.69) is 5.32 Å². The minimum atomic E-state index is -0.780. The van der Waals surface area contributed by atoms with E-state index < -0.39 is 17.5 Å². The van der Waals surface area contributed by atoms with Crippen LogP contribution in [-0.4, -0.2) is 18.5 Å². The number of amides is 1. The summed E-state index contributed by atoms with van der Waals surface area (Å²) in [5.74, 6) is -0.289. The molecule has 0 saturated heterocycles. The van der Waals surface area contributed by atoms with E-state index >= 15 is 0 Å². The third-order valence-electron chi connectivity index (χ3n) is 5.57. The molecular weight excluding hydrogens is 446 g/mol. The molecule has 7 nitrogen and oxygen atoms in total. The van der Waals surface area contributed by atoms with E-state index in [-0.39, 0.29) is 29.5 Å². The Balaban J connectivity index is 1.45. The van der Waals surface area contributed by atoms with Crippen molar-refractivity contribution >= 4 is 22.8 Å². The van der Waals surface area contributed by atoms with Crippen LogP contribution in [0.2, 0.25) is 0 Å². The van der Waals surface area contributed by atoms with Crippen LogP contribution >= 0.6 is 0 Å². The lowest BCUT2D eigenvalue weighted by atomic mass is 10.1. The van der Waals surface area contributed by atoms with Gasteiger partial charge < -0.3 is 19.2 Å². The predicted molar refractivity (Wildman–Crippen MR) is 132 cm³/mol. The standard InChI is InChI=1S/C28H25NO6/c1-17-8-7-9-18(2)26(17)33-16-25(30)34-22-13-12-21-14-23(28(32)35-24(21)15-22)27(31)29-19(3)20-10-5-4-6-11-20/h4-15,19H,16H2,1-3H3,(H,29,31). The molecule has 1 unspecified atom stereocenters. The van der Waals surface area contributed by atoms with E-state index in [1.807, 2.05) is 69.3 Å². The highest BCUT2D eigenvalue weighted by molar-refractivity contribution is 5.97. The second-order valence-corrected chi connectivity index (χ2v) is 8.24. The van der Waals surface area contributed by atoms with Crippen LogP contribution in [0.3, 0.4) is 0 Å². The molecule has 1 aromatic heterocycles. The average molecular weight is 472 g/mol. The summed E-state index contributed by atoms with van der Waals surface area (Å²) >= 11 is 0. The highest BCUT2D eigenvalue weighted by Gasteiger charge is 2.17. The van der Waals surface area contributed by atoms with Crippen molar-refractivity contribution in [3.8, 4) is 11.5 Å². The van der Waals surface area contributed by atoms with Crippen molar-refractivity contribution in [2.75, 3.05) is 6.61 Å². The van der Waals surface area contributed by atoms with Crippen molar-refractivity contribution in [3.63, 3.8) is 0 Å². The first-order chi connectivity index (χ1) is 16.8. The second kappa shape index (κ2) is 10.3. The van der Waals surface area contributed by atoms with E-state index in [0.717, 1.165) is 16.7 Å². The molecule has 4 aromatic rings. The zero-order valence-corrected chi connectivity index (χ0v) is 19.7. The van der Waals surface area contributed by atoms with Crippen LogP contribution in [0.1, 0.15) is 40.0 Å². The van der Waals surface area contributed by atoms with E-state index in [1.165, 1.54) is 12.1 Å². The van der Waals surface area contributed by atoms with Crippen molar-refractivity contribution in [3.05, 3.63) is 105 Å². The van der Waals surface area contributed by atoms with Gasteiger partial charge in [0.25, 0.3) is 5.91 Å². The van der Waals surface area contributed by atoms with Gasteiger partial charge in [-0.05, 0) is 55.7 Å². The molecule has 0 aliphatic carbocycles. The Morgan fingerprint density at radius 3 is 2.37 bits per heavy atom. The Morgan fingerprint density at radius 2 is 1.66 bits per heavy atom. The largest absolute Gasteiger partial charge is 0.481 e. The Morgan fingerprint density at radius 1 is 0.943 bits per heavy atom. The van der Waals surface area contributed by atoms with Crippen molar-refractivity contribution in [2.45, 2.75) is 26.8 Å². The summed E-state index contributed by atoms with van der Waals surface area (Å²) < 4.78 is 16.3. The number of rotatable bonds is 7. The maximum atomic E-state index is 12.7. The second-order valence-electron chi connectivity index (χ2n) is 8.24. The molecule has 0 spiro atoms. The normalized spacial score (nSPS) is 11.6. The molecule has 0 fully saturated rings. The van der Waals surface area contributed by atoms with E-state index in [9.17, 15) is 14.4 Å². The lowest BCUT2D eigenvalue weighted by Gasteiger charge is -2.14. The predicted octanol–water partition coefficient (Wildman–Crippen LogP) is 4.89. The van der Waals surface area contributed by atoms with E-state index in [4.69, 9.17) is 13.9 Å². The number of hydrogen-bond acceptors (Lipinski definition) is 6. The smallest absolute Gasteiger partial charge is 0.349 e. The summed E-state index contributed by atoms with van der Waals surface area (Å²) in [5.41, 5.74) is 2.07. The Bertz CT molecular complexity index is 1420. The van der Waals surface area contributed by atoms with Gasteiger partial charge >= 0.3 is 11.6 Å². The van der Waals surface area contributed by atoms with Gasteiger partial charge in [-0.2, -0.15) is 0 Å². The summed E-state index contributed by atoms with van der Waals surface area (Å²) in [5, 5.41) is 3.33. The monoisotopic (exact) mass is 471 g/mol. The van der Waals surface area contributed by atoms with Gasteiger partial charge in [0.1, 0.15) is 22.6 Å². The molecule has 1 heterocycles. The van der Waals surface area contributed by atoms with Gasteiger partial charge in [0, 0.05) is 11.5 Å². The Kier molecular flexibility index (Phi) is 6.96. The molecule has 0 aliphatic rings. The summed E-state index contributed by atoms with van der Waals surface area (Å²) in [4.78, 5) is 37.5. The van der Waals surface area contributed by atoms with Crippen LogP contribution in [0.4, 0.5) is 0 Å². The molecule has 0 aliphatic heterocycles. The van der Waals surface area contributed by atoms with Gasteiger partial charge in [-0.1, -0.05) is 48.5 Å². The van der Waals surface area contributed by atoms with Crippen LogP contribution in [0, 0.1) is 13.8 Å². The lowest BCUT2D eigenvalue weighted by molar-refractivity contribution is -0.136. The summed E-state index contributed by atoms with van der Waals surface area (Å²) in [7, 11) is 0. The highest BCUT2D eigenvalue weighted by atomic mass is 16.6. The molecule has 1 N–H and O–H groups in total. The molecule has 7 heteroatoms. The quantitative estimate of drug-likeness (QED) is 0.234. The lowest BCUT2D eigenvalue weighted by Crippen LogP contribution is -2.30. The fourth-order valence-electron chi connectivity index (χ4n) is 3.73. The van der Waals surface area contributed by atoms with Crippen LogP contribution in [0.15, 0.2) is 82.0 Å². The van der Waals surface area contributed by atoms with Crippen molar-refractivity contribution < 1.29 is 23.5 Å². The first kappa shape index (κ1) is 23.8. The number of para-hydroxylation sites is 1. The molecule has 4 rings (SSSR count). The first-order valence-electron chi connectivity index (χ1n) is 11.2. The fraction of sp³-hybridized carbons (Fsp3) is 0.179. The molecular formula is C28H25NO6. The topological polar surface area (TPSA) is 94.8 Å². The van der Waals surface area contributed by atoms with Crippen molar-refractivity contribution in [1.82, 2.24) is 5.32 Å². The number of carbonyl (C=O) groups is 2. The molecule has 0 bridgehead atoms. The number of nitrogens with one attached hydrogen (secondary N) is 1. The van der Waals surface area contributed by atoms with Gasteiger partial charge in [0.2, 0.25) is 0 Å². The minimum absolute atomic E-state index is 0.105. The minimum Gasteiger partial charge on any atom is -0.481 e. The number of carbonyl (C=O) groups excluding carboxylic acids is 2. The van der Waals surface area contributed by atoms with Gasteiger partial charge in [-0.15, -0.1) is 0 Å². The highest BCUT2D eigenvalue weighted by Crippen LogP contribution is 2.23. The molecule has 0 saturated carbocycles. The number of hydrogen-bond donors (Lipinski definition) is 1. The average Bonchev–Trinajstić information content (AvgIpc) is 2.83. The zero-order chi connectivity index (χ0) is 24.9. The van der Waals surface area contributed by atoms with Gasteiger partial charge in [0.05, 0.1) is 6.04 Å². The van der Waals surface area contributed by atoms with E-state index in [0.29, 0.717) is 11.1 Å². The first-order valence-corrected chi connectivity index (χ1v) is 11.2. The SMILES string of the molecule is Cc1cccc(C)c1OCC(=O)Oc1ccc2cc(C(=O)NC(C)c3ccccc3)c(=O)oc2c1. The third-order valence-corrected chi connectivity index (χ3v) is 5.57. The summed E-state index contributed by atoms with van der Waals surface area (Å²) in [6.45, 7) is 5.36. The molecule has 0 radical (unpaired) electrons. The Hall–Kier alpha value is -4.39. The third kappa shape index (κ3) is 5.58. The maximum absolute atomic E-state index is 12.7. The number of fused-ring (bicyclic) bond motifs is 1. The van der Waals surface area contributed by atoms with Gasteiger partial charge in [-0.3, -0.25) is 4.79 Å². The molecule has 1 amide bonds. The van der Waals surface area contributed by atoms with Crippen molar-refractivity contribution in [2.24, 2.45) is 0 Å². The van der Waals surface area contributed by atoms with E-state index in [1.54, 1.807) is 12.1 Å². The number of aryl methyl sites for hydroxylation is 2. The molecule has 1 atom stereocenters. The van der Waals surface area contributed by atoms with Crippen molar-refractivity contribution in [1.29, 1.82) is 0 Å². The van der Waals surface area contributed by atoms with Crippen LogP contribution in [0.5, 0.6) is 11.5 Å². The van der Waals surface area contributed by atoms with Crippen LogP contribution < -0.4 is 20.4 Å². The molecule has 3 aromatic carbocycles. The molecule has 178 valence electrons. The van der Waals surface area contributed by atoms with Gasteiger partial charge in [-0.25, -0.2) is 9.59 Å². The van der Waals surface area contributed by atoms with Crippen LogP contribution in [-0.2, 0) is 4.79 Å². The zero-order valence-electron chi connectivity index (χ0n) is 19.7. The summed E-state index contributed by atoms with van der Waals surface area (Å²) in [6.07, 6.45) is 0. The maximum Gasteiger partial charge on any atom is 0.349 e. The molecule has 35 heavy (non-hydrogen) atoms.